The number of nitrogens with two attached hydrogens (primary N) is 1. The molecule has 18 heavy (non-hydrogen) atoms. The molecule has 1 aromatic rings. The predicted molar refractivity (Wildman–Crippen MR) is 75.5 cm³/mol. The lowest BCUT2D eigenvalue weighted by Crippen LogP contribution is -2.44. The second-order valence-electron chi connectivity index (χ2n) is 5.21. The number of nitrogens with zero attached hydrogens (tertiary/aromatic N) is 1. The molecule has 0 saturated carbocycles. The summed E-state index contributed by atoms with van der Waals surface area (Å²) < 4.78 is 0. The summed E-state index contributed by atoms with van der Waals surface area (Å²) >= 11 is 0. The molecule has 0 heterocycles. The van der Waals surface area contributed by atoms with Crippen molar-refractivity contribution in [3.8, 4) is 0 Å². The Morgan fingerprint density at radius 1 is 1.28 bits per heavy atom. The predicted octanol–water partition coefficient (Wildman–Crippen LogP) is 1.58. The van der Waals surface area contributed by atoms with Crippen LogP contribution in [-0.2, 0) is 0 Å². The Balaban J connectivity index is 2.69. The molecule has 0 aliphatic rings. The monoisotopic (exact) mass is 249 g/mol. The number of carbonyl (C=O) groups excluding carboxylic acids is 1. The molecule has 100 valence electrons. The van der Waals surface area contributed by atoms with E-state index < -0.39 is 0 Å². The van der Waals surface area contributed by atoms with Crippen LogP contribution in [0.1, 0.15) is 24.2 Å². The quantitative estimate of drug-likeness (QED) is 0.779. The van der Waals surface area contributed by atoms with Crippen molar-refractivity contribution in [2.45, 2.75) is 19.9 Å². The van der Waals surface area contributed by atoms with Crippen LogP contribution in [0.3, 0.4) is 0 Å². The number of nitrogens with one attached hydrogen (secondary N) is 1. The Labute approximate surface area is 109 Å². The number of anilines is 1. The maximum Gasteiger partial charge on any atom is 0.251 e. The van der Waals surface area contributed by atoms with E-state index in [1.807, 2.05) is 14.1 Å². The van der Waals surface area contributed by atoms with E-state index in [9.17, 15) is 4.79 Å². The van der Waals surface area contributed by atoms with Crippen molar-refractivity contribution >= 4 is 11.6 Å². The molecule has 0 spiro atoms. The summed E-state index contributed by atoms with van der Waals surface area (Å²) in [5.74, 6) is 0.348. The third-order valence-corrected chi connectivity index (χ3v) is 2.86. The molecule has 1 unspecified atom stereocenters. The first-order valence-electron chi connectivity index (χ1n) is 6.21. The maximum atomic E-state index is 12.1. The summed E-state index contributed by atoms with van der Waals surface area (Å²) in [6.45, 7) is 5.05. The van der Waals surface area contributed by atoms with Gasteiger partial charge in [-0.1, -0.05) is 13.8 Å². The average molecular weight is 249 g/mol. The zero-order valence-corrected chi connectivity index (χ0v) is 11.6. The highest BCUT2D eigenvalue weighted by Crippen LogP contribution is 2.08. The SMILES string of the molecule is CC(C)C(CN(C)C)NC(=O)c1ccc(N)cc1. The molecule has 1 rings (SSSR count). The van der Waals surface area contributed by atoms with Crippen LogP contribution in [0.4, 0.5) is 5.69 Å². The minimum atomic E-state index is -0.0458. The van der Waals surface area contributed by atoms with E-state index in [0.717, 1.165) is 6.54 Å². The second kappa shape index (κ2) is 6.40. The molecule has 0 bridgehead atoms. The molecule has 0 aromatic heterocycles. The summed E-state index contributed by atoms with van der Waals surface area (Å²) in [6.07, 6.45) is 0. The second-order valence-corrected chi connectivity index (χ2v) is 5.21. The molecule has 0 aliphatic carbocycles. The van der Waals surface area contributed by atoms with E-state index in [4.69, 9.17) is 5.73 Å². The van der Waals surface area contributed by atoms with Gasteiger partial charge in [0.25, 0.3) is 5.91 Å². The van der Waals surface area contributed by atoms with Crippen LogP contribution in [0.15, 0.2) is 24.3 Å². The highest BCUT2D eigenvalue weighted by Gasteiger charge is 2.17. The van der Waals surface area contributed by atoms with Crippen LogP contribution < -0.4 is 11.1 Å². The number of benzene rings is 1. The van der Waals surface area contributed by atoms with Gasteiger partial charge >= 0.3 is 0 Å². The Kier molecular flexibility index (Phi) is 5.16. The van der Waals surface area contributed by atoms with E-state index in [0.29, 0.717) is 17.2 Å². The molecule has 1 amide bonds. The number of rotatable bonds is 5. The number of hydrogen-bond donors (Lipinski definition) is 2. The van der Waals surface area contributed by atoms with Gasteiger partial charge in [-0.15, -0.1) is 0 Å². The highest BCUT2D eigenvalue weighted by molar-refractivity contribution is 5.94. The fourth-order valence-corrected chi connectivity index (χ4v) is 1.70. The molecule has 1 atom stereocenters. The lowest BCUT2D eigenvalue weighted by atomic mass is 10.0. The Hall–Kier alpha value is -1.55. The highest BCUT2D eigenvalue weighted by atomic mass is 16.1. The van der Waals surface area contributed by atoms with Gasteiger partial charge in [0.1, 0.15) is 0 Å². The Morgan fingerprint density at radius 3 is 2.28 bits per heavy atom. The molecule has 1 aromatic carbocycles. The van der Waals surface area contributed by atoms with E-state index in [1.54, 1.807) is 24.3 Å². The molecule has 4 heteroatoms. The van der Waals surface area contributed by atoms with Crippen LogP contribution in [-0.4, -0.2) is 37.5 Å². The lowest BCUT2D eigenvalue weighted by Gasteiger charge is -2.25. The molecule has 3 N–H and O–H groups in total. The Bertz CT molecular complexity index is 385. The van der Waals surface area contributed by atoms with E-state index in [-0.39, 0.29) is 11.9 Å². The van der Waals surface area contributed by atoms with Crippen molar-refractivity contribution in [1.82, 2.24) is 10.2 Å². The largest absolute Gasteiger partial charge is 0.399 e. The van der Waals surface area contributed by atoms with Crippen molar-refractivity contribution in [3.63, 3.8) is 0 Å². The van der Waals surface area contributed by atoms with Crippen LogP contribution in [0.5, 0.6) is 0 Å². The fraction of sp³-hybridized carbons (Fsp3) is 0.500. The summed E-state index contributed by atoms with van der Waals surface area (Å²) in [6, 6.07) is 7.12. The average Bonchev–Trinajstić information content (AvgIpc) is 2.28. The third-order valence-electron chi connectivity index (χ3n) is 2.86. The molecule has 0 radical (unpaired) electrons. The van der Waals surface area contributed by atoms with Gasteiger partial charge in [-0.25, -0.2) is 0 Å². The number of amides is 1. The summed E-state index contributed by atoms with van der Waals surface area (Å²) in [7, 11) is 4.01. The van der Waals surface area contributed by atoms with Gasteiger partial charge in [-0.05, 0) is 44.3 Å². The van der Waals surface area contributed by atoms with Gasteiger partial charge in [-0.3, -0.25) is 4.79 Å². The number of hydrogen-bond acceptors (Lipinski definition) is 3. The van der Waals surface area contributed by atoms with Gasteiger partial charge in [0.05, 0.1) is 0 Å². The summed E-state index contributed by atoms with van der Waals surface area (Å²) in [5.41, 5.74) is 6.92. The van der Waals surface area contributed by atoms with Gasteiger partial charge in [0.2, 0.25) is 0 Å². The molecule has 0 fully saturated rings. The maximum absolute atomic E-state index is 12.1. The van der Waals surface area contributed by atoms with Crippen molar-refractivity contribution < 1.29 is 4.79 Å². The van der Waals surface area contributed by atoms with Crippen molar-refractivity contribution in [2.24, 2.45) is 5.92 Å². The molecule has 4 nitrogen and oxygen atoms in total. The Morgan fingerprint density at radius 2 is 1.83 bits per heavy atom. The van der Waals surface area contributed by atoms with Gasteiger partial charge in [0, 0.05) is 23.8 Å². The minimum Gasteiger partial charge on any atom is -0.399 e. The molecular weight excluding hydrogens is 226 g/mol. The first-order chi connectivity index (χ1) is 8.40. The van der Waals surface area contributed by atoms with Crippen molar-refractivity contribution in [2.75, 3.05) is 26.4 Å². The van der Waals surface area contributed by atoms with Gasteiger partial charge < -0.3 is 16.0 Å². The third kappa shape index (κ3) is 4.37. The van der Waals surface area contributed by atoms with E-state index in [1.165, 1.54) is 0 Å². The zero-order valence-electron chi connectivity index (χ0n) is 11.6. The standard InChI is InChI=1S/C14H23N3O/c1-10(2)13(9-17(3)4)16-14(18)11-5-7-12(15)8-6-11/h5-8,10,13H,9,15H2,1-4H3,(H,16,18). The van der Waals surface area contributed by atoms with Gasteiger partial charge in [-0.2, -0.15) is 0 Å². The van der Waals surface area contributed by atoms with E-state index >= 15 is 0 Å². The first kappa shape index (κ1) is 14.5. The van der Waals surface area contributed by atoms with Crippen LogP contribution in [0, 0.1) is 5.92 Å². The number of nitrogen functional groups attached to an aromatic ring is 1. The number of carbonyl (C=O) groups is 1. The van der Waals surface area contributed by atoms with Gasteiger partial charge in [0.15, 0.2) is 0 Å². The summed E-state index contributed by atoms with van der Waals surface area (Å²) in [4.78, 5) is 14.2. The first-order valence-corrected chi connectivity index (χ1v) is 6.21. The van der Waals surface area contributed by atoms with Crippen molar-refractivity contribution in [3.05, 3.63) is 29.8 Å². The fourth-order valence-electron chi connectivity index (χ4n) is 1.70. The molecule has 0 aliphatic heterocycles. The smallest absolute Gasteiger partial charge is 0.251 e. The lowest BCUT2D eigenvalue weighted by molar-refractivity contribution is 0.0916. The summed E-state index contributed by atoms with van der Waals surface area (Å²) in [5, 5.41) is 3.06. The van der Waals surface area contributed by atoms with Crippen molar-refractivity contribution in [1.29, 1.82) is 0 Å². The van der Waals surface area contributed by atoms with Crippen LogP contribution >= 0.6 is 0 Å². The minimum absolute atomic E-state index is 0.0458. The van der Waals surface area contributed by atoms with E-state index in [2.05, 4.69) is 24.1 Å². The number of likely N-dealkylation sites (N-methyl/N-ethyl adjacent to an activating group) is 1. The molecular formula is C14H23N3O. The topological polar surface area (TPSA) is 58.4 Å². The molecule has 0 saturated heterocycles. The van der Waals surface area contributed by atoms with Crippen LogP contribution in [0.25, 0.3) is 0 Å². The zero-order chi connectivity index (χ0) is 13.7. The van der Waals surface area contributed by atoms with Crippen LogP contribution in [0.2, 0.25) is 0 Å². The normalized spacial score (nSPS) is 12.8.